The largest absolute Gasteiger partial charge is 0.392 e. The van der Waals surface area contributed by atoms with E-state index in [0.29, 0.717) is 5.92 Å². The molecule has 2 rings (SSSR count). The normalized spacial score (nSPS) is 39.2. The van der Waals surface area contributed by atoms with Crippen molar-refractivity contribution < 1.29 is 5.11 Å². The highest BCUT2D eigenvalue weighted by molar-refractivity contribution is 4.94. The van der Waals surface area contributed by atoms with E-state index in [1.54, 1.807) is 0 Å². The quantitative estimate of drug-likeness (QED) is 0.773. The van der Waals surface area contributed by atoms with Gasteiger partial charge in [0.05, 0.1) is 6.10 Å². The fourth-order valence-corrected chi connectivity index (χ4v) is 4.70. The number of aliphatic hydroxyl groups excluding tert-OH is 1. The van der Waals surface area contributed by atoms with Crippen LogP contribution in [0.3, 0.4) is 0 Å². The average Bonchev–Trinajstić information content (AvgIpc) is 2.76. The minimum atomic E-state index is -0.0276. The molecular weight excluding hydrogens is 208 g/mol. The van der Waals surface area contributed by atoms with Crippen molar-refractivity contribution in [3.8, 4) is 0 Å². The van der Waals surface area contributed by atoms with Crippen LogP contribution < -0.4 is 0 Å². The van der Waals surface area contributed by atoms with Gasteiger partial charge in [0, 0.05) is 0 Å². The number of rotatable bonds is 3. The van der Waals surface area contributed by atoms with Gasteiger partial charge in [-0.05, 0) is 61.7 Å². The Balaban J connectivity index is 2.04. The molecule has 1 heteroatoms. The first-order chi connectivity index (χ1) is 8.07. The molecule has 3 unspecified atom stereocenters. The molecule has 1 nitrogen and oxygen atoms in total. The minimum Gasteiger partial charge on any atom is -0.392 e. The lowest BCUT2D eigenvalue weighted by Gasteiger charge is -2.42. The maximum absolute atomic E-state index is 10.9. The highest BCUT2D eigenvalue weighted by Crippen LogP contribution is 2.49. The van der Waals surface area contributed by atoms with Crippen LogP contribution in [-0.4, -0.2) is 11.2 Å². The van der Waals surface area contributed by atoms with Crippen molar-refractivity contribution in [1.82, 2.24) is 0 Å². The van der Waals surface area contributed by atoms with Crippen LogP contribution in [0.25, 0.3) is 0 Å². The van der Waals surface area contributed by atoms with Crippen LogP contribution in [0.15, 0.2) is 0 Å². The molecule has 0 aliphatic heterocycles. The van der Waals surface area contributed by atoms with Crippen molar-refractivity contribution in [2.45, 2.75) is 78.2 Å². The Labute approximate surface area is 107 Å². The van der Waals surface area contributed by atoms with E-state index in [2.05, 4.69) is 20.8 Å². The van der Waals surface area contributed by atoms with E-state index >= 15 is 0 Å². The second-order valence-corrected chi connectivity index (χ2v) is 7.05. The molecule has 2 aliphatic rings. The van der Waals surface area contributed by atoms with Crippen molar-refractivity contribution in [1.29, 1.82) is 0 Å². The Morgan fingerprint density at radius 1 is 1.06 bits per heavy atom. The highest BCUT2D eigenvalue weighted by atomic mass is 16.3. The lowest BCUT2D eigenvalue weighted by Crippen LogP contribution is -2.41. The van der Waals surface area contributed by atoms with Gasteiger partial charge in [-0.25, -0.2) is 0 Å². The van der Waals surface area contributed by atoms with Gasteiger partial charge in [0.2, 0.25) is 0 Å². The molecule has 17 heavy (non-hydrogen) atoms. The molecule has 0 saturated heterocycles. The summed E-state index contributed by atoms with van der Waals surface area (Å²) in [7, 11) is 0. The second kappa shape index (κ2) is 5.30. The molecule has 0 bridgehead atoms. The van der Waals surface area contributed by atoms with E-state index in [4.69, 9.17) is 0 Å². The lowest BCUT2D eigenvalue weighted by atomic mass is 9.66. The molecule has 100 valence electrons. The maximum atomic E-state index is 10.9. The Bertz CT molecular complexity index is 232. The summed E-state index contributed by atoms with van der Waals surface area (Å²) in [5, 5.41) is 10.9. The molecule has 3 atom stereocenters. The third-order valence-corrected chi connectivity index (χ3v) is 5.59. The predicted octanol–water partition coefficient (Wildman–Crippen LogP) is 4.39. The summed E-state index contributed by atoms with van der Waals surface area (Å²) in [5.74, 6) is 2.20. The van der Waals surface area contributed by atoms with Crippen LogP contribution in [-0.2, 0) is 0 Å². The third kappa shape index (κ3) is 2.70. The van der Waals surface area contributed by atoms with Crippen LogP contribution in [0, 0.1) is 23.2 Å². The molecule has 0 aromatic heterocycles. The Morgan fingerprint density at radius 3 is 2.06 bits per heavy atom. The summed E-state index contributed by atoms with van der Waals surface area (Å²) in [4.78, 5) is 0. The zero-order valence-corrected chi connectivity index (χ0v) is 11.9. The fourth-order valence-electron chi connectivity index (χ4n) is 4.70. The van der Waals surface area contributed by atoms with Gasteiger partial charge >= 0.3 is 0 Å². The van der Waals surface area contributed by atoms with Crippen LogP contribution in [0.1, 0.15) is 72.1 Å². The van der Waals surface area contributed by atoms with Gasteiger partial charge in [-0.1, -0.05) is 33.6 Å². The Kier molecular flexibility index (Phi) is 4.18. The number of hydrogen-bond acceptors (Lipinski definition) is 1. The van der Waals surface area contributed by atoms with Gasteiger partial charge in [-0.15, -0.1) is 0 Å². The van der Waals surface area contributed by atoms with Gasteiger partial charge in [0.15, 0.2) is 0 Å². The lowest BCUT2D eigenvalue weighted by molar-refractivity contribution is -0.0433. The summed E-state index contributed by atoms with van der Waals surface area (Å²) in [6, 6.07) is 0. The van der Waals surface area contributed by atoms with E-state index in [9.17, 15) is 5.11 Å². The molecule has 2 fully saturated rings. The number of hydrogen-bond donors (Lipinski definition) is 1. The first-order valence-electron chi connectivity index (χ1n) is 7.75. The summed E-state index contributed by atoms with van der Waals surface area (Å²) in [6.45, 7) is 7.01. The molecule has 0 aromatic carbocycles. The topological polar surface area (TPSA) is 20.2 Å². The van der Waals surface area contributed by atoms with Crippen molar-refractivity contribution >= 4 is 0 Å². The summed E-state index contributed by atoms with van der Waals surface area (Å²) in [5.41, 5.74) is 0.279. The average molecular weight is 238 g/mol. The monoisotopic (exact) mass is 238 g/mol. The second-order valence-electron chi connectivity index (χ2n) is 7.05. The van der Waals surface area contributed by atoms with Crippen molar-refractivity contribution in [3.05, 3.63) is 0 Å². The van der Waals surface area contributed by atoms with E-state index in [1.165, 1.54) is 51.4 Å². The van der Waals surface area contributed by atoms with Gasteiger partial charge < -0.3 is 5.11 Å². The van der Waals surface area contributed by atoms with Crippen LogP contribution in [0.5, 0.6) is 0 Å². The van der Waals surface area contributed by atoms with E-state index in [1.807, 2.05) is 0 Å². The molecule has 0 amide bonds. The first-order valence-corrected chi connectivity index (χ1v) is 7.75. The molecule has 0 radical (unpaired) electrons. The van der Waals surface area contributed by atoms with Crippen molar-refractivity contribution in [3.63, 3.8) is 0 Å². The summed E-state index contributed by atoms with van der Waals surface area (Å²) < 4.78 is 0. The summed E-state index contributed by atoms with van der Waals surface area (Å²) >= 11 is 0. The van der Waals surface area contributed by atoms with Gasteiger partial charge in [0.25, 0.3) is 0 Å². The van der Waals surface area contributed by atoms with Crippen LogP contribution in [0.2, 0.25) is 0 Å². The minimum absolute atomic E-state index is 0.0276. The van der Waals surface area contributed by atoms with E-state index < -0.39 is 0 Å². The van der Waals surface area contributed by atoms with Crippen molar-refractivity contribution in [2.75, 3.05) is 0 Å². The van der Waals surface area contributed by atoms with Crippen molar-refractivity contribution in [2.24, 2.45) is 23.2 Å². The standard InChI is InChI=1S/C16H30O/c1-4-16(7-5-6-8-16)15(17)14-10-12(2)9-13(3)11-14/h12-15,17H,4-11H2,1-3H3. The van der Waals surface area contributed by atoms with E-state index in [-0.39, 0.29) is 11.5 Å². The molecule has 0 spiro atoms. The van der Waals surface area contributed by atoms with Gasteiger partial charge in [-0.3, -0.25) is 0 Å². The number of aliphatic hydroxyl groups is 1. The third-order valence-electron chi connectivity index (χ3n) is 5.59. The smallest absolute Gasteiger partial charge is 0.0624 e. The molecule has 2 saturated carbocycles. The Morgan fingerprint density at radius 2 is 1.59 bits per heavy atom. The van der Waals surface area contributed by atoms with Crippen LogP contribution in [0.4, 0.5) is 0 Å². The Hall–Kier alpha value is -0.0400. The van der Waals surface area contributed by atoms with E-state index in [0.717, 1.165) is 11.8 Å². The molecule has 1 N–H and O–H groups in total. The zero-order chi connectivity index (χ0) is 12.5. The maximum Gasteiger partial charge on any atom is 0.0624 e. The van der Waals surface area contributed by atoms with Gasteiger partial charge in [-0.2, -0.15) is 0 Å². The first kappa shape index (κ1) is 13.4. The molecule has 0 aromatic rings. The summed E-state index contributed by atoms with van der Waals surface area (Å²) in [6.07, 6.45) is 10.2. The SMILES string of the molecule is CCC1(C(O)C2CC(C)CC(C)C2)CCCC1. The molecule has 0 heterocycles. The fraction of sp³-hybridized carbons (Fsp3) is 1.00. The molecule has 2 aliphatic carbocycles. The van der Waals surface area contributed by atoms with Gasteiger partial charge in [0.1, 0.15) is 0 Å². The highest BCUT2D eigenvalue weighted by Gasteiger charge is 2.43. The predicted molar refractivity (Wildman–Crippen MR) is 72.9 cm³/mol. The molecular formula is C16H30O. The zero-order valence-electron chi connectivity index (χ0n) is 11.9. The van der Waals surface area contributed by atoms with Crippen LogP contribution >= 0.6 is 0 Å².